The highest BCUT2D eigenvalue weighted by atomic mass is 35.5. The maximum Gasteiger partial charge on any atom is 0.319 e. The molecule has 0 spiro atoms. The number of hydrogen-bond donors (Lipinski definition) is 0. The summed E-state index contributed by atoms with van der Waals surface area (Å²) in [5.41, 5.74) is 1.06. The van der Waals surface area contributed by atoms with Crippen LogP contribution in [0.5, 0.6) is 0 Å². The Bertz CT molecular complexity index is 439. The van der Waals surface area contributed by atoms with E-state index in [1.165, 1.54) is 7.11 Å². The van der Waals surface area contributed by atoms with E-state index in [4.69, 9.17) is 11.6 Å². The average Bonchev–Trinajstić information content (AvgIpc) is 2.30. The third-order valence-electron chi connectivity index (χ3n) is 2.67. The van der Waals surface area contributed by atoms with Crippen LogP contribution in [0, 0.1) is 0 Å². The molecule has 2 rings (SSSR count). The normalized spacial score (nSPS) is 15.6. The molecule has 0 atom stereocenters. The van der Waals surface area contributed by atoms with Gasteiger partial charge in [-0.2, -0.15) is 0 Å². The number of carbonyl (C=O) groups is 1. The van der Waals surface area contributed by atoms with E-state index < -0.39 is 0 Å². The molecule has 0 amide bonds. The highest BCUT2D eigenvalue weighted by Gasteiger charge is 2.23. The first-order valence-corrected chi connectivity index (χ1v) is 5.63. The molecule has 1 aliphatic heterocycles. The summed E-state index contributed by atoms with van der Waals surface area (Å²) in [4.78, 5) is 19.5. The van der Waals surface area contributed by atoms with Crippen molar-refractivity contribution in [1.82, 2.24) is 9.88 Å². The molecule has 92 valence electrons. The van der Waals surface area contributed by atoms with E-state index in [1.807, 2.05) is 22.9 Å². The summed E-state index contributed by atoms with van der Waals surface area (Å²) in [6, 6.07) is 3.69. The fourth-order valence-electron chi connectivity index (χ4n) is 1.92. The first-order chi connectivity index (χ1) is 8.10. The topological polar surface area (TPSA) is 45.7 Å². The third-order valence-corrected chi connectivity index (χ3v) is 2.88. The molecule has 0 radical (unpaired) electrons. The van der Waals surface area contributed by atoms with E-state index in [1.54, 1.807) is 6.07 Å². The zero-order valence-electron chi connectivity index (χ0n) is 9.81. The number of pyridine rings is 1. The van der Waals surface area contributed by atoms with Gasteiger partial charge < -0.3 is 9.64 Å². The van der Waals surface area contributed by atoms with Crippen LogP contribution in [0.25, 0.3) is 0 Å². The molecule has 0 unspecified atom stereocenters. The number of methoxy groups -OCH3 is 1. The molecule has 6 heteroatoms. The predicted molar refractivity (Wildman–Crippen MR) is 64.9 cm³/mol. The SMILES string of the molecule is COC(=O)CN1Cc2ccc(Cl)nc2N(C)C1. The number of carbonyl (C=O) groups excluding carboxylic acids is 1. The monoisotopic (exact) mass is 255 g/mol. The van der Waals surface area contributed by atoms with Crippen LogP contribution >= 0.6 is 11.6 Å². The molecular formula is C11H14ClN3O2. The second kappa shape index (κ2) is 4.89. The Balaban J connectivity index is 2.16. The minimum absolute atomic E-state index is 0.233. The van der Waals surface area contributed by atoms with Gasteiger partial charge in [-0.1, -0.05) is 17.7 Å². The van der Waals surface area contributed by atoms with Gasteiger partial charge in [0.05, 0.1) is 20.3 Å². The van der Waals surface area contributed by atoms with Gasteiger partial charge in [0, 0.05) is 19.2 Å². The second-order valence-electron chi connectivity index (χ2n) is 4.02. The van der Waals surface area contributed by atoms with Gasteiger partial charge in [0.15, 0.2) is 0 Å². The number of anilines is 1. The molecule has 0 bridgehead atoms. The highest BCUT2D eigenvalue weighted by Crippen LogP contribution is 2.25. The molecule has 1 aromatic rings. The molecule has 1 aromatic heterocycles. The van der Waals surface area contributed by atoms with Crippen LogP contribution in [0.15, 0.2) is 12.1 Å². The quantitative estimate of drug-likeness (QED) is 0.585. The number of aromatic nitrogens is 1. The molecule has 0 aliphatic carbocycles. The number of esters is 1. The number of fused-ring (bicyclic) bond motifs is 1. The lowest BCUT2D eigenvalue weighted by atomic mass is 10.2. The van der Waals surface area contributed by atoms with E-state index in [2.05, 4.69) is 9.72 Å². The van der Waals surface area contributed by atoms with Crippen molar-refractivity contribution in [3.63, 3.8) is 0 Å². The van der Waals surface area contributed by atoms with Crippen LogP contribution in [0.1, 0.15) is 5.56 Å². The summed E-state index contributed by atoms with van der Waals surface area (Å²) in [5, 5.41) is 0.483. The first-order valence-electron chi connectivity index (χ1n) is 5.26. The van der Waals surface area contributed by atoms with Gasteiger partial charge in [0.1, 0.15) is 11.0 Å². The maximum absolute atomic E-state index is 11.2. The van der Waals surface area contributed by atoms with Crippen molar-refractivity contribution in [1.29, 1.82) is 0 Å². The third kappa shape index (κ3) is 2.68. The van der Waals surface area contributed by atoms with Gasteiger partial charge in [-0.05, 0) is 6.07 Å². The van der Waals surface area contributed by atoms with Gasteiger partial charge in [0.2, 0.25) is 0 Å². The van der Waals surface area contributed by atoms with Crippen LogP contribution in [0.2, 0.25) is 5.15 Å². The number of rotatable bonds is 2. The Labute approximate surface area is 105 Å². The zero-order chi connectivity index (χ0) is 12.4. The Kier molecular flexibility index (Phi) is 3.49. The summed E-state index contributed by atoms with van der Waals surface area (Å²) >= 11 is 5.86. The van der Waals surface area contributed by atoms with Crippen LogP contribution in [0.3, 0.4) is 0 Å². The van der Waals surface area contributed by atoms with E-state index in [-0.39, 0.29) is 12.5 Å². The summed E-state index contributed by atoms with van der Waals surface area (Å²) in [6.07, 6.45) is 0. The lowest BCUT2D eigenvalue weighted by Gasteiger charge is -2.34. The van der Waals surface area contributed by atoms with Gasteiger partial charge >= 0.3 is 5.97 Å². The van der Waals surface area contributed by atoms with Crippen molar-refractivity contribution in [2.75, 3.05) is 32.3 Å². The first kappa shape index (κ1) is 12.1. The molecule has 17 heavy (non-hydrogen) atoms. The van der Waals surface area contributed by atoms with E-state index in [9.17, 15) is 4.79 Å². The summed E-state index contributed by atoms with van der Waals surface area (Å²) in [5.74, 6) is 0.641. The Morgan fingerprint density at radius 3 is 3.06 bits per heavy atom. The molecule has 0 saturated heterocycles. The van der Waals surface area contributed by atoms with Crippen LogP contribution < -0.4 is 4.90 Å². The standard InChI is InChI=1S/C11H14ClN3O2/c1-14-7-15(6-10(16)17-2)5-8-3-4-9(12)13-11(8)14/h3-4H,5-7H2,1-2H3. The molecule has 0 N–H and O–H groups in total. The lowest BCUT2D eigenvalue weighted by molar-refractivity contribution is -0.142. The number of nitrogens with zero attached hydrogens (tertiary/aromatic N) is 3. The fourth-order valence-corrected chi connectivity index (χ4v) is 2.06. The van der Waals surface area contributed by atoms with Crippen molar-refractivity contribution in [2.24, 2.45) is 0 Å². The van der Waals surface area contributed by atoms with Crippen LogP contribution in [-0.4, -0.2) is 43.2 Å². The molecule has 1 aliphatic rings. The molecular weight excluding hydrogens is 242 g/mol. The summed E-state index contributed by atoms with van der Waals surface area (Å²) in [6.45, 7) is 1.59. The molecule has 0 aromatic carbocycles. The Morgan fingerprint density at radius 1 is 1.59 bits per heavy atom. The Morgan fingerprint density at radius 2 is 2.35 bits per heavy atom. The Hall–Kier alpha value is -1.33. The number of halogens is 1. The maximum atomic E-state index is 11.2. The molecule has 5 nitrogen and oxygen atoms in total. The smallest absolute Gasteiger partial charge is 0.319 e. The average molecular weight is 256 g/mol. The highest BCUT2D eigenvalue weighted by molar-refractivity contribution is 6.29. The lowest BCUT2D eigenvalue weighted by Crippen LogP contribution is -2.43. The van der Waals surface area contributed by atoms with Crippen molar-refractivity contribution in [2.45, 2.75) is 6.54 Å². The van der Waals surface area contributed by atoms with Crippen molar-refractivity contribution < 1.29 is 9.53 Å². The minimum atomic E-state index is -0.233. The van der Waals surface area contributed by atoms with Gasteiger partial charge in [0.25, 0.3) is 0 Å². The van der Waals surface area contributed by atoms with Crippen LogP contribution in [0.4, 0.5) is 5.82 Å². The zero-order valence-corrected chi connectivity index (χ0v) is 10.6. The van der Waals surface area contributed by atoms with E-state index in [0.29, 0.717) is 18.4 Å². The number of hydrogen-bond acceptors (Lipinski definition) is 5. The van der Waals surface area contributed by atoms with Gasteiger partial charge in [-0.25, -0.2) is 4.98 Å². The van der Waals surface area contributed by atoms with E-state index >= 15 is 0 Å². The number of ether oxygens (including phenoxy) is 1. The molecule has 2 heterocycles. The van der Waals surface area contributed by atoms with Crippen molar-refractivity contribution in [3.8, 4) is 0 Å². The van der Waals surface area contributed by atoms with Crippen molar-refractivity contribution >= 4 is 23.4 Å². The second-order valence-corrected chi connectivity index (χ2v) is 4.41. The van der Waals surface area contributed by atoms with E-state index in [0.717, 1.165) is 11.4 Å². The largest absolute Gasteiger partial charge is 0.468 e. The summed E-state index contributed by atoms with van der Waals surface area (Å²) < 4.78 is 4.66. The fraction of sp³-hybridized carbons (Fsp3) is 0.455. The van der Waals surface area contributed by atoms with Crippen molar-refractivity contribution in [3.05, 3.63) is 22.8 Å². The van der Waals surface area contributed by atoms with Gasteiger partial charge in [-0.15, -0.1) is 0 Å². The molecule has 0 saturated carbocycles. The summed E-state index contributed by atoms with van der Waals surface area (Å²) in [7, 11) is 3.32. The molecule has 0 fully saturated rings. The minimum Gasteiger partial charge on any atom is -0.468 e. The van der Waals surface area contributed by atoms with Gasteiger partial charge in [-0.3, -0.25) is 9.69 Å². The predicted octanol–water partition coefficient (Wildman–Crippen LogP) is 1.12. The van der Waals surface area contributed by atoms with Crippen LogP contribution in [-0.2, 0) is 16.1 Å².